The maximum Gasteiger partial charge on any atom is 0.416 e. The zero-order valence-corrected chi connectivity index (χ0v) is 8.95. The molecule has 1 heterocycles. The van der Waals surface area contributed by atoms with Crippen molar-refractivity contribution in [2.24, 2.45) is 11.8 Å². The molecule has 1 saturated heterocycles. The zero-order chi connectivity index (χ0) is 10.7. The number of amides is 2. The second-order valence-electron chi connectivity index (χ2n) is 4.09. The Morgan fingerprint density at radius 1 is 1.50 bits per heavy atom. The van der Waals surface area contributed by atoms with Crippen LogP contribution < -0.4 is 0 Å². The monoisotopic (exact) mass is 199 g/mol. The predicted molar refractivity (Wildman–Crippen MR) is 51.7 cm³/mol. The summed E-state index contributed by atoms with van der Waals surface area (Å²) in [6.45, 7) is 6.90. The van der Waals surface area contributed by atoms with Gasteiger partial charge in [0, 0.05) is 6.42 Å². The summed E-state index contributed by atoms with van der Waals surface area (Å²) in [5.74, 6) is 0.641. The minimum absolute atomic E-state index is 0.117. The van der Waals surface area contributed by atoms with Crippen LogP contribution in [-0.2, 0) is 9.53 Å². The van der Waals surface area contributed by atoms with Crippen molar-refractivity contribution in [3.05, 3.63) is 0 Å². The molecule has 1 aliphatic rings. The van der Waals surface area contributed by atoms with Crippen molar-refractivity contribution in [3.63, 3.8) is 0 Å². The Labute approximate surface area is 84.2 Å². The number of rotatable bonds is 3. The van der Waals surface area contributed by atoms with Gasteiger partial charge in [-0.1, -0.05) is 20.8 Å². The molecule has 80 valence electrons. The summed E-state index contributed by atoms with van der Waals surface area (Å²) in [6, 6.07) is 0. The Balaban J connectivity index is 2.45. The molecule has 4 heteroatoms. The van der Waals surface area contributed by atoms with E-state index in [0.29, 0.717) is 31.4 Å². The standard InChI is InChI=1S/C10H17NO3/c1-7(2)8(3)6-9(12)11-4-5-14-10(11)13/h7-8H,4-6H2,1-3H3. The van der Waals surface area contributed by atoms with Crippen molar-refractivity contribution in [1.82, 2.24) is 4.90 Å². The normalized spacial score (nSPS) is 18.6. The highest BCUT2D eigenvalue weighted by molar-refractivity contribution is 5.92. The van der Waals surface area contributed by atoms with Crippen LogP contribution in [0, 0.1) is 11.8 Å². The van der Waals surface area contributed by atoms with Crippen molar-refractivity contribution < 1.29 is 14.3 Å². The Kier molecular flexibility index (Phi) is 3.49. The minimum Gasteiger partial charge on any atom is -0.447 e. The molecule has 0 aromatic rings. The fourth-order valence-corrected chi connectivity index (χ4v) is 1.24. The van der Waals surface area contributed by atoms with Crippen LogP contribution in [0.2, 0.25) is 0 Å². The summed E-state index contributed by atoms with van der Waals surface area (Å²) in [7, 11) is 0. The van der Waals surface area contributed by atoms with Gasteiger partial charge in [-0.3, -0.25) is 4.79 Å². The highest BCUT2D eigenvalue weighted by Gasteiger charge is 2.29. The first-order valence-electron chi connectivity index (χ1n) is 4.99. The first-order valence-corrected chi connectivity index (χ1v) is 4.99. The van der Waals surface area contributed by atoms with Crippen LogP contribution in [-0.4, -0.2) is 30.1 Å². The summed E-state index contributed by atoms with van der Waals surface area (Å²) in [5.41, 5.74) is 0. The molecule has 0 N–H and O–H groups in total. The van der Waals surface area contributed by atoms with Crippen LogP contribution in [0.15, 0.2) is 0 Å². The number of cyclic esters (lactones) is 1. The van der Waals surface area contributed by atoms with Crippen molar-refractivity contribution in [1.29, 1.82) is 0 Å². The summed E-state index contributed by atoms with van der Waals surface area (Å²) in [6.07, 6.45) is -0.0711. The van der Waals surface area contributed by atoms with E-state index in [2.05, 4.69) is 13.8 Å². The van der Waals surface area contributed by atoms with Gasteiger partial charge >= 0.3 is 6.09 Å². The van der Waals surface area contributed by atoms with Gasteiger partial charge in [0.05, 0.1) is 6.54 Å². The molecule has 1 atom stereocenters. The molecule has 0 aliphatic carbocycles. The topological polar surface area (TPSA) is 46.6 Å². The van der Waals surface area contributed by atoms with E-state index < -0.39 is 6.09 Å². The van der Waals surface area contributed by atoms with Crippen LogP contribution in [0.3, 0.4) is 0 Å². The molecule has 0 aromatic carbocycles. The molecule has 4 nitrogen and oxygen atoms in total. The number of hydrogen-bond acceptors (Lipinski definition) is 3. The number of carbonyl (C=O) groups excluding carboxylic acids is 2. The van der Waals surface area contributed by atoms with Gasteiger partial charge in [-0.15, -0.1) is 0 Å². The molecule has 0 saturated carbocycles. The molecule has 0 radical (unpaired) electrons. The number of ether oxygens (including phenoxy) is 1. The summed E-state index contributed by atoms with van der Waals surface area (Å²) in [5, 5.41) is 0. The van der Waals surface area contributed by atoms with E-state index in [9.17, 15) is 9.59 Å². The number of nitrogens with zero attached hydrogens (tertiary/aromatic N) is 1. The van der Waals surface area contributed by atoms with Crippen molar-refractivity contribution in [2.75, 3.05) is 13.2 Å². The lowest BCUT2D eigenvalue weighted by Gasteiger charge is -2.17. The predicted octanol–water partition coefficient (Wildman–Crippen LogP) is 1.65. The van der Waals surface area contributed by atoms with E-state index in [-0.39, 0.29) is 5.91 Å². The van der Waals surface area contributed by atoms with Crippen molar-refractivity contribution in [3.8, 4) is 0 Å². The van der Waals surface area contributed by atoms with Gasteiger partial charge in [0.25, 0.3) is 0 Å². The molecule has 14 heavy (non-hydrogen) atoms. The number of imide groups is 1. The van der Waals surface area contributed by atoms with E-state index in [1.54, 1.807) is 0 Å². The van der Waals surface area contributed by atoms with Gasteiger partial charge in [0.1, 0.15) is 6.61 Å². The molecule has 1 fully saturated rings. The number of hydrogen-bond donors (Lipinski definition) is 0. The fraction of sp³-hybridized carbons (Fsp3) is 0.800. The molecule has 1 rings (SSSR count). The summed E-state index contributed by atoms with van der Waals surface area (Å²) >= 11 is 0. The molecule has 1 aliphatic heterocycles. The van der Waals surface area contributed by atoms with Crippen molar-refractivity contribution in [2.45, 2.75) is 27.2 Å². The minimum atomic E-state index is -0.494. The Morgan fingerprint density at radius 2 is 2.14 bits per heavy atom. The molecular formula is C10H17NO3. The Morgan fingerprint density at radius 3 is 2.57 bits per heavy atom. The van der Waals surface area contributed by atoms with Crippen molar-refractivity contribution >= 4 is 12.0 Å². The largest absolute Gasteiger partial charge is 0.447 e. The summed E-state index contributed by atoms with van der Waals surface area (Å²) < 4.78 is 4.69. The van der Waals surface area contributed by atoms with Crippen LogP contribution >= 0.6 is 0 Å². The van der Waals surface area contributed by atoms with E-state index >= 15 is 0 Å². The fourth-order valence-electron chi connectivity index (χ4n) is 1.24. The third-order valence-electron chi connectivity index (χ3n) is 2.70. The lowest BCUT2D eigenvalue weighted by Crippen LogP contribution is -2.33. The van der Waals surface area contributed by atoms with Crippen LogP contribution in [0.4, 0.5) is 4.79 Å². The molecule has 2 amide bonds. The average molecular weight is 199 g/mol. The first-order chi connectivity index (χ1) is 6.52. The van der Waals surface area contributed by atoms with E-state index in [1.165, 1.54) is 4.90 Å². The maximum atomic E-state index is 11.6. The second-order valence-corrected chi connectivity index (χ2v) is 4.09. The zero-order valence-electron chi connectivity index (χ0n) is 8.95. The molecule has 0 bridgehead atoms. The lowest BCUT2D eigenvalue weighted by atomic mass is 9.94. The third kappa shape index (κ3) is 2.47. The number of carbonyl (C=O) groups is 2. The lowest BCUT2D eigenvalue weighted by molar-refractivity contribution is -0.128. The SMILES string of the molecule is CC(C)C(C)CC(=O)N1CCOC1=O. The van der Waals surface area contributed by atoms with Gasteiger partial charge < -0.3 is 4.74 Å². The smallest absolute Gasteiger partial charge is 0.416 e. The molecular weight excluding hydrogens is 182 g/mol. The van der Waals surface area contributed by atoms with E-state index in [1.807, 2.05) is 6.92 Å². The highest BCUT2D eigenvalue weighted by Crippen LogP contribution is 2.16. The quantitative estimate of drug-likeness (QED) is 0.694. The third-order valence-corrected chi connectivity index (χ3v) is 2.70. The molecule has 0 aromatic heterocycles. The average Bonchev–Trinajstić information content (AvgIpc) is 2.51. The van der Waals surface area contributed by atoms with Gasteiger partial charge in [0.15, 0.2) is 0 Å². The van der Waals surface area contributed by atoms with Crippen LogP contribution in [0.5, 0.6) is 0 Å². The van der Waals surface area contributed by atoms with E-state index in [0.717, 1.165) is 0 Å². The first kappa shape index (κ1) is 11.0. The van der Waals surface area contributed by atoms with Crippen LogP contribution in [0.1, 0.15) is 27.2 Å². The maximum absolute atomic E-state index is 11.6. The Hall–Kier alpha value is -1.06. The van der Waals surface area contributed by atoms with E-state index in [4.69, 9.17) is 4.74 Å². The van der Waals surface area contributed by atoms with Gasteiger partial charge in [-0.05, 0) is 11.8 Å². The van der Waals surface area contributed by atoms with Crippen LogP contribution in [0.25, 0.3) is 0 Å². The molecule has 0 spiro atoms. The molecule has 1 unspecified atom stereocenters. The van der Waals surface area contributed by atoms with Gasteiger partial charge in [-0.25, -0.2) is 9.69 Å². The van der Waals surface area contributed by atoms with Gasteiger partial charge in [0.2, 0.25) is 5.91 Å². The summed E-state index contributed by atoms with van der Waals surface area (Å²) in [4.78, 5) is 23.8. The van der Waals surface area contributed by atoms with Gasteiger partial charge in [-0.2, -0.15) is 0 Å². The Bertz CT molecular complexity index is 238. The highest BCUT2D eigenvalue weighted by atomic mass is 16.6. The second kappa shape index (κ2) is 4.44.